The summed E-state index contributed by atoms with van der Waals surface area (Å²) >= 11 is 23.2. The first-order chi connectivity index (χ1) is 16.2. The Balaban J connectivity index is 1.95. The van der Waals surface area contributed by atoms with Crippen molar-refractivity contribution in [3.63, 3.8) is 0 Å². The van der Waals surface area contributed by atoms with E-state index in [0.717, 1.165) is 0 Å². The van der Waals surface area contributed by atoms with E-state index in [1.165, 1.54) is 18.2 Å². The predicted octanol–water partition coefficient (Wildman–Crippen LogP) is 7.93. The SMILES string of the molecule is O=C(NCCCOc1c(Cl)cc(OCC=C(Cl)Cl)cc1Cl)c1cc(C(F)(F)F)cc(C(F)(F)F)c1. The van der Waals surface area contributed by atoms with Crippen molar-refractivity contribution in [2.75, 3.05) is 19.8 Å². The summed E-state index contributed by atoms with van der Waals surface area (Å²) in [6, 6.07) is 3.49. The van der Waals surface area contributed by atoms with Crippen LogP contribution in [0.5, 0.6) is 11.5 Å². The number of rotatable bonds is 9. The van der Waals surface area contributed by atoms with Crippen LogP contribution in [0.1, 0.15) is 27.9 Å². The zero-order valence-corrected chi connectivity index (χ0v) is 20.3. The zero-order chi connectivity index (χ0) is 26.4. The highest BCUT2D eigenvalue weighted by molar-refractivity contribution is 6.55. The summed E-state index contributed by atoms with van der Waals surface area (Å²) in [5, 5.41) is 2.47. The van der Waals surface area contributed by atoms with Crippen molar-refractivity contribution < 1.29 is 40.6 Å². The molecule has 1 N–H and O–H groups in total. The molecule has 192 valence electrons. The van der Waals surface area contributed by atoms with Gasteiger partial charge in [0, 0.05) is 24.2 Å². The Morgan fingerprint density at radius 3 is 1.91 bits per heavy atom. The molecule has 0 aliphatic carbocycles. The van der Waals surface area contributed by atoms with E-state index in [0.29, 0.717) is 17.9 Å². The van der Waals surface area contributed by atoms with Gasteiger partial charge in [-0.3, -0.25) is 4.79 Å². The number of nitrogens with one attached hydrogen (secondary N) is 1. The molecule has 0 atom stereocenters. The smallest absolute Gasteiger partial charge is 0.416 e. The maximum Gasteiger partial charge on any atom is 0.416 e. The average molecular weight is 585 g/mol. The molecule has 14 heteroatoms. The van der Waals surface area contributed by atoms with Gasteiger partial charge < -0.3 is 14.8 Å². The Morgan fingerprint density at radius 2 is 1.43 bits per heavy atom. The Kier molecular flexibility index (Phi) is 10.3. The fourth-order valence-electron chi connectivity index (χ4n) is 2.60. The number of benzene rings is 2. The van der Waals surface area contributed by atoms with Gasteiger partial charge in [0.2, 0.25) is 0 Å². The Labute approximate surface area is 215 Å². The second-order valence-corrected chi connectivity index (χ2v) is 8.60. The molecule has 0 fully saturated rings. The van der Waals surface area contributed by atoms with E-state index < -0.39 is 35.0 Å². The minimum Gasteiger partial charge on any atom is -0.490 e. The lowest BCUT2D eigenvalue weighted by molar-refractivity contribution is -0.143. The summed E-state index contributed by atoms with van der Waals surface area (Å²) in [7, 11) is 0. The van der Waals surface area contributed by atoms with Gasteiger partial charge in [0.15, 0.2) is 5.75 Å². The highest BCUT2D eigenvalue weighted by Crippen LogP contribution is 2.38. The molecule has 0 aliphatic heterocycles. The van der Waals surface area contributed by atoms with E-state index >= 15 is 0 Å². The molecule has 2 aromatic rings. The monoisotopic (exact) mass is 583 g/mol. The highest BCUT2D eigenvalue weighted by atomic mass is 35.5. The van der Waals surface area contributed by atoms with Crippen LogP contribution in [0.3, 0.4) is 0 Å². The first kappa shape index (κ1) is 29.2. The molecule has 0 unspecified atom stereocenters. The first-order valence-electron chi connectivity index (χ1n) is 9.52. The van der Waals surface area contributed by atoms with Crippen LogP contribution < -0.4 is 14.8 Å². The lowest BCUT2D eigenvalue weighted by Crippen LogP contribution is -2.26. The minimum absolute atomic E-state index is 0.0167. The fraction of sp³-hybridized carbons (Fsp3) is 0.286. The van der Waals surface area contributed by atoms with Gasteiger partial charge in [-0.15, -0.1) is 0 Å². The lowest BCUT2D eigenvalue weighted by Gasteiger charge is -2.14. The number of carbonyl (C=O) groups excluding carboxylic acids is 1. The third-order valence-corrected chi connectivity index (χ3v) is 5.03. The number of halogens is 10. The second kappa shape index (κ2) is 12.3. The van der Waals surface area contributed by atoms with Crippen LogP contribution in [-0.2, 0) is 12.4 Å². The molecule has 0 bridgehead atoms. The van der Waals surface area contributed by atoms with Crippen molar-refractivity contribution in [2.45, 2.75) is 18.8 Å². The van der Waals surface area contributed by atoms with Crippen molar-refractivity contribution in [1.29, 1.82) is 0 Å². The van der Waals surface area contributed by atoms with E-state index in [2.05, 4.69) is 5.32 Å². The normalized spacial score (nSPS) is 11.7. The van der Waals surface area contributed by atoms with Crippen LogP contribution in [0.25, 0.3) is 0 Å². The van der Waals surface area contributed by atoms with E-state index in [-0.39, 0.29) is 52.5 Å². The third kappa shape index (κ3) is 9.18. The number of carbonyl (C=O) groups is 1. The topological polar surface area (TPSA) is 47.6 Å². The Hall–Kier alpha value is -2.01. The number of hydrogen-bond donors (Lipinski definition) is 1. The molecular formula is C21H15Cl4F6NO3. The molecule has 0 spiro atoms. The molecule has 0 aliphatic rings. The van der Waals surface area contributed by atoms with Gasteiger partial charge in [0.25, 0.3) is 5.91 Å². The van der Waals surface area contributed by atoms with Gasteiger partial charge in [0.1, 0.15) is 16.8 Å². The van der Waals surface area contributed by atoms with Crippen molar-refractivity contribution in [3.8, 4) is 11.5 Å². The zero-order valence-electron chi connectivity index (χ0n) is 17.3. The quantitative estimate of drug-likeness (QED) is 0.240. The van der Waals surface area contributed by atoms with Crippen LogP contribution in [0.15, 0.2) is 40.9 Å². The molecular weight excluding hydrogens is 570 g/mol. The number of ether oxygens (including phenoxy) is 2. The highest BCUT2D eigenvalue weighted by Gasteiger charge is 2.37. The van der Waals surface area contributed by atoms with Crippen molar-refractivity contribution >= 4 is 52.3 Å². The van der Waals surface area contributed by atoms with Crippen molar-refractivity contribution in [2.24, 2.45) is 0 Å². The third-order valence-electron chi connectivity index (χ3n) is 4.16. The molecule has 0 saturated carbocycles. The minimum atomic E-state index is -5.06. The Morgan fingerprint density at radius 1 is 0.886 bits per heavy atom. The number of hydrogen-bond acceptors (Lipinski definition) is 3. The van der Waals surface area contributed by atoms with E-state index in [1.54, 1.807) is 0 Å². The molecule has 0 radical (unpaired) electrons. The molecule has 35 heavy (non-hydrogen) atoms. The van der Waals surface area contributed by atoms with E-state index in [1.807, 2.05) is 0 Å². The molecule has 0 saturated heterocycles. The maximum absolute atomic E-state index is 12.9. The largest absolute Gasteiger partial charge is 0.490 e. The van der Waals surface area contributed by atoms with E-state index in [4.69, 9.17) is 55.9 Å². The molecule has 0 heterocycles. The summed E-state index contributed by atoms with van der Waals surface area (Å²) in [4.78, 5) is 12.1. The lowest BCUT2D eigenvalue weighted by atomic mass is 10.0. The van der Waals surface area contributed by atoms with Gasteiger partial charge in [0.05, 0.1) is 27.8 Å². The maximum atomic E-state index is 12.9. The van der Waals surface area contributed by atoms with Gasteiger partial charge in [-0.2, -0.15) is 26.3 Å². The van der Waals surface area contributed by atoms with Gasteiger partial charge in [-0.25, -0.2) is 0 Å². The summed E-state index contributed by atoms with van der Waals surface area (Å²) < 4.78 is 88.4. The first-order valence-corrected chi connectivity index (χ1v) is 11.0. The van der Waals surface area contributed by atoms with Crippen LogP contribution in [-0.4, -0.2) is 25.7 Å². The summed E-state index contributed by atoms with van der Waals surface area (Å²) in [5.74, 6) is -0.680. The van der Waals surface area contributed by atoms with Crippen molar-refractivity contribution in [1.82, 2.24) is 5.32 Å². The summed E-state index contributed by atoms with van der Waals surface area (Å²) in [6.07, 6.45) is -8.58. The molecule has 1 amide bonds. The molecule has 2 aromatic carbocycles. The average Bonchev–Trinajstić information content (AvgIpc) is 2.73. The van der Waals surface area contributed by atoms with Gasteiger partial charge >= 0.3 is 12.4 Å². The van der Waals surface area contributed by atoms with Crippen LogP contribution in [0.2, 0.25) is 10.0 Å². The number of alkyl halides is 6. The molecule has 0 aromatic heterocycles. The van der Waals surface area contributed by atoms with Crippen molar-refractivity contribution in [3.05, 3.63) is 67.6 Å². The van der Waals surface area contributed by atoms with Gasteiger partial charge in [-0.05, 0) is 30.7 Å². The van der Waals surface area contributed by atoms with E-state index in [9.17, 15) is 31.1 Å². The van der Waals surface area contributed by atoms with Gasteiger partial charge in [-0.1, -0.05) is 46.4 Å². The van der Waals surface area contributed by atoms with Crippen LogP contribution in [0, 0.1) is 0 Å². The summed E-state index contributed by atoms with van der Waals surface area (Å²) in [6.45, 7) is -0.0788. The number of amides is 1. The Bertz CT molecular complexity index is 1030. The summed E-state index contributed by atoms with van der Waals surface area (Å²) in [5.41, 5.74) is -3.95. The second-order valence-electron chi connectivity index (χ2n) is 6.77. The molecule has 2 rings (SSSR count). The fourth-order valence-corrected chi connectivity index (χ4v) is 3.30. The predicted molar refractivity (Wildman–Crippen MR) is 121 cm³/mol. The standard InChI is InChI=1S/C21H15Cl4F6NO3/c22-15-9-14(34-5-2-17(24)25)10-16(23)18(15)35-4-1-3-32-19(33)11-6-12(20(26,27)28)8-13(7-11)21(29,30)31/h2,6-10H,1,3-5H2,(H,32,33). The van der Waals surface area contributed by atoms with Crippen LogP contribution >= 0.6 is 46.4 Å². The van der Waals surface area contributed by atoms with Crippen LogP contribution in [0.4, 0.5) is 26.3 Å². The molecule has 4 nitrogen and oxygen atoms in total.